The van der Waals surface area contributed by atoms with Crippen LogP contribution in [0.25, 0.3) is 0 Å². The quantitative estimate of drug-likeness (QED) is 0.433. The molecule has 2 aromatic rings. The summed E-state index contributed by atoms with van der Waals surface area (Å²) < 4.78 is 0. The highest BCUT2D eigenvalue weighted by Crippen LogP contribution is 2.31. The van der Waals surface area contributed by atoms with E-state index < -0.39 is 21.1 Å². The lowest BCUT2D eigenvalue weighted by Gasteiger charge is -2.37. The Morgan fingerprint density at radius 1 is 1.10 bits per heavy atom. The molecule has 1 fully saturated rings. The van der Waals surface area contributed by atoms with E-state index in [0.29, 0.717) is 37.2 Å². The molecular weight excluding hydrogens is 378 g/mol. The van der Waals surface area contributed by atoms with E-state index in [1.807, 2.05) is 25.2 Å². The van der Waals surface area contributed by atoms with Gasteiger partial charge < -0.3 is 10.0 Å². The summed E-state index contributed by atoms with van der Waals surface area (Å²) in [4.78, 5) is 23.0. The Labute approximate surface area is 166 Å². The Hall–Kier alpha value is -3.37. The van der Waals surface area contributed by atoms with Crippen LogP contribution in [0, 0.1) is 20.2 Å². The zero-order chi connectivity index (χ0) is 21.0. The number of hydrogen-bond acceptors (Lipinski definition) is 8. The largest absolute Gasteiger partial charge is 0.383 e. The molecule has 152 valence electrons. The molecule has 3 rings (SSSR count). The molecule has 0 spiro atoms. The monoisotopic (exact) mass is 399 g/mol. The zero-order valence-corrected chi connectivity index (χ0v) is 15.8. The summed E-state index contributed by atoms with van der Waals surface area (Å²) in [6.45, 7) is 1.36. The van der Waals surface area contributed by atoms with E-state index in [2.05, 4.69) is 15.4 Å². The fourth-order valence-corrected chi connectivity index (χ4v) is 3.25. The first-order valence-electron chi connectivity index (χ1n) is 9.03. The van der Waals surface area contributed by atoms with E-state index >= 15 is 0 Å². The number of benzene rings is 2. The van der Waals surface area contributed by atoms with Crippen LogP contribution in [-0.2, 0) is 0 Å². The molecule has 2 aromatic carbocycles. The van der Waals surface area contributed by atoms with Gasteiger partial charge in [-0.3, -0.25) is 25.7 Å². The highest BCUT2D eigenvalue weighted by atomic mass is 16.6. The normalized spacial score (nSPS) is 17.0. The maximum Gasteiger partial charge on any atom is 0.301 e. The Balaban J connectivity index is 1.99. The number of nitro groups is 2. The first kappa shape index (κ1) is 20.4. The summed E-state index contributed by atoms with van der Waals surface area (Å²) in [5.41, 5.74) is 1.66. The molecule has 0 aliphatic carbocycles. The van der Waals surface area contributed by atoms with Crippen molar-refractivity contribution in [2.24, 2.45) is 5.10 Å². The van der Waals surface area contributed by atoms with Gasteiger partial charge in [0.25, 0.3) is 5.69 Å². The molecule has 1 saturated heterocycles. The van der Waals surface area contributed by atoms with E-state index in [4.69, 9.17) is 0 Å². The number of aliphatic hydroxyl groups is 1. The average Bonchev–Trinajstić information content (AvgIpc) is 2.71. The van der Waals surface area contributed by atoms with Crippen LogP contribution in [-0.4, -0.2) is 51.3 Å². The smallest absolute Gasteiger partial charge is 0.301 e. The maximum absolute atomic E-state index is 11.4. The highest BCUT2D eigenvalue weighted by molar-refractivity contribution is 6.07. The Morgan fingerprint density at radius 3 is 2.34 bits per heavy atom. The molecule has 29 heavy (non-hydrogen) atoms. The van der Waals surface area contributed by atoms with E-state index in [1.165, 1.54) is 6.07 Å². The van der Waals surface area contributed by atoms with Gasteiger partial charge in [0.2, 0.25) is 0 Å². The number of hydrogen-bond donors (Lipinski definition) is 2. The van der Waals surface area contributed by atoms with Gasteiger partial charge in [0, 0.05) is 24.7 Å². The number of anilines is 1. The van der Waals surface area contributed by atoms with Gasteiger partial charge in [0.05, 0.1) is 21.6 Å². The lowest BCUT2D eigenvalue weighted by molar-refractivity contribution is -0.393. The first-order valence-corrected chi connectivity index (χ1v) is 9.03. The molecule has 0 amide bonds. The second-order valence-corrected chi connectivity index (χ2v) is 6.99. The number of rotatable bonds is 6. The summed E-state index contributed by atoms with van der Waals surface area (Å²) in [5.74, 6) is 0. The van der Waals surface area contributed by atoms with E-state index in [0.717, 1.165) is 12.1 Å². The third-order valence-electron chi connectivity index (χ3n) is 4.98. The maximum atomic E-state index is 11.4. The van der Waals surface area contributed by atoms with Crippen LogP contribution in [0.15, 0.2) is 53.6 Å². The second-order valence-electron chi connectivity index (χ2n) is 6.99. The van der Waals surface area contributed by atoms with Crippen molar-refractivity contribution in [1.29, 1.82) is 0 Å². The average molecular weight is 399 g/mol. The first-order chi connectivity index (χ1) is 13.8. The molecule has 10 nitrogen and oxygen atoms in total. The van der Waals surface area contributed by atoms with Crippen molar-refractivity contribution in [3.05, 3.63) is 74.3 Å². The van der Waals surface area contributed by atoms with E-state index in [1.54, 1.807) is 12.1 Å². The van der Waals surface area contributed by atoms with Crippen LogP contribution in [0.3, 0.4) is 0 Å². The summed E-state index contributed by atoms with van der Waals surface area (Å²) in [7, 11) is 1.97. The summed E-state index contributed by atoms with van der Waals surface area (Å²) in [6.07, 6.45) is 0.919. The van der Waals surface area contributed by atoms with Crippen molar-refractivity contribution < 1.29 is 15.0 Å². The topological polar surface area (TPSA) is 134 Å². The van der Waals surface area contributed by atoms with Crippen molar-refractivity contribution in [2.75, 3.05) is 25.6 Å². The molecular formula is C19H21N5O5. The summed E-state index contributed by atoms with van der Waals surface area (Å²) >= 11 is 0. The van der Waals surface area contributed by atoms with Crippen LogP contribution >= 0.6 is 0 Å². The predicted molar refractivity (Wildman–Crippen MR) is 108 cm³/mol. The molecule has 0 bridgehead atoms. The zero-order valence-electron chi connectivity index (χ0n) is 15.8. The predicted octanol–water partition coefficient (Wildman–Crippen LogP) is 2.78. The van der Waals surface area contributed by atoms with Gasteiger partial charge >= 0.3 is 5.69 Å². The number of piperidine rings is 1. The van der Waals surface area contributed by atoms with Crippen molar-refractivity contribution in [2.45, 2.75) is 18.4 Å². The molecule has 10 heteroatoms. The second kappa shape index (κ2) is 8.33. The fourth-order valence-electron chi connectivity index (χ4n) is 3.25. The van der Waals surface area contributed by atoms with Gasteiger partial charge in [-0.25, -0.2) is 0 Å². The third kappa shape index (κ3) is 4.55. The Bertz CT molecular complexity index is 939. The van der Waals surface area contributed by atoms with Crippen molar-refractivity contribution in [3.8, 4) is 0 Å². The highest BCUT2D eigenvalue weighted by Gasteiger charge is 2.37. The van der Waals surface area contributed by atoms with Gasteiger partial charge in [-0.15, -0.1) is 0 Å². The van der Waals surface area contributed by atoms with Crippen LogP contribution in [0.1, 0.15) is 18.4 Å². The molecule has 0 saturated carbocycles. The molecule has 0 radical (unpaired) electrons. The van der Waals surface area contributed by atoms with Crippen LogP contribution in [0.4, 0.5) is 17.1 Å². The van der Waals surface area contributed by atoms with Crippen molar-refractivity contribution in [3.63, 3.8) is 0 Å². The van der Waals surface area contributed by atoms with Crippen molar-refractivity contribution >= 4 is 22.8 Å². The van der Waals surface area contributed by atoms with Crippen molar-refractivity contribution in [1.82, 2.24) is 4.90 Å². The van der Waals surface area contributed by atoms with Crippen LogP contribution < -0.4 is 5.43 Å². The van der Waals surface area contributed by atoms with Gasteiger partial charge in [-0.05, 0) is 26.0 Å². The van der Waals surface area contributed by atoms with Gasteiger partial charge in [0.15, 0.2) is 0 Å². The van der Waals surface area contributed by atoms with Gasteiger partial charge in [-0.2, -0.15) is 5.10 Å². The molecule has 1 heterocycles. The number of nitrogens with zero attached hydrogens (tertiary/aromatic N) is 4. The SMILES string of the molecule is CN1CCC(O)(/C(=N\Nc2ccc([N+](=O)[O-])cc2[N+](=O)[O-])c2ccccc2)CC1. The lowest BCUT2D eigenvalue weighted by atomic mass is 9.83. The van der Waals surface area contributed by atoms with E-state index in [9.17, 15) is 25.3 Å². The van der Waals surface area contributed by atoms with Crippen LogP contribution in [0.5, 0.6) is 0 Å². The molecule has 0 unspecified atom stereocenters. The van der Waals surface area contributed by atoms with Gasteiger partial charge in [-0.1, -0.05) is 30.3 Å². The minimum atomic E-state index is -1.20. The summed E-state index contributed by atoms with van der Waals surface area (Å²) in [6, 6.07) is 12.4. The molecule has 0 atom stereocenters. The van der Waals surface area contributed by atoms with Crippen LogP contribution in [0.2, 0.25) is 0 Å². The molecule has 1 aliphatic heterocycles. The molecule has 0 aromatic heterocycles. The number of nitrogens with one attached hydrogen (secondary N) is 1. The lowest BCUT2D eigenvalue weighted by Crippen LogP contribution is -2.49. The third-order valence-corrected chi connectivity index (χ3v) is 4.98. The number of hydrazone groups is 1. The number of non-ortho nitro benzene ring substituents is 1. The fraction of sp³-hybridized carbons (Fsp3) is 0.316. The van der Waals surface area contributed by atoms with E-state index in [-0.39, 0.29) is 11.4 Å². The number of likely N-dealkylation sites (tertiary alicyclic amines) is 1. The minimum Gasteiger partial charge on any atom is -0.383 e. The Morgan fingerprint density at radius 2 is 1.76 bits per heavy atom. The molecule has 2 N–H and O–H groups in total. The standard InChI is InChI=1S/C19H21N5O5/c1-22-11-9-19(25,10-12-22)18(14-5-3-2-4-6-14)21-20-16-8-7-15(23(26)27)13-17(16)24(28)29/h2-8,13,20,25H,9-12H2,1H3/b21-18-. The number of nitro benzene ring substituents is 2. The summed E-state index contributed by atoms with van der Waals surface area (Å²) in [5, 5.41) is 37.8. The minimum absolute atomic E-state index is 0.00515. The Kier molecular flexibility index (Phi) is 5.85. The van der Waals surface area contributed by atoms with Gasteiger partial charge in [0.1, 0.15) is 11.3 Å². The molecule has 1 aliphatic rings.